The molecule has 1 aromatic carbocycles. The van der Waals surface area contributed by atoms with Crippen LogP contribution in [0.5, 0.6) is 0 Å². The van der Waals surface area contributed by atoms with Crippen molar-refractivity contribution in [2.75, 3.05) is 13.1 Å². The van der Waals surface area contributed by atoms with Crippen LogP contribution in [0, 0.1) is 5.92 Å². The second-order valence-corrected chi connectivity index (χ2v) is 9.11. The summed E-state index contributed by atoms with van der Waals surface area (Å²) in [6.45, 7) is 9.21. The first-order valence-corrected chi connectivity index (χ1v) is 9.72. The Hall–Kier alpha value is -1.44. The SMILES string of the molecule is CC1CCNCC1NC(=O)c1ccc(S(=O)(=O)NC(C)(C)C)cc1. The average Bonchev–Trinajstić information content (AvgIpc) is 2.47. The zero-order valence-corrected chi connectivity index (χ0v) is 15.5. The molecule has 2 atom stereocenters. The van der Waals surface area contributed by atoms with Gasteiger partial charge in [-0.25, -0.2) is 13.1 Å². The maximum atomic E-state index is 12.3. The number of piperidine rings is 1. The summed E-state index contributed by atoms with van der Waals surface area (Å²) in [5.74, 6) is 0.245. The van der Waals surface area contributed by atoms with Gasteiger partial charge in [0.25, 0.3) is 5.91 Å². The van der Waals surface area contributed by atoms with Crippen molar-refractivity contribution in [3.05, 3.63) is 29.8 Å². The highest BCUT2D eigenvalue weighted by Crippen LogP contribution is 2.15. The summed E-state index contributed by atoms with van der Waals surface area (Å²) >= 11 is 0. The molecule has 1 aliphatic rings. The van der Waals surface area contributed by atoms with Crippen molar-refractivity contribution < 1.29 is 13.2 Å². The molecule has 3 N–H and O–H groups in total. The van der Waals surface area contributed by atoms with Gasteiger partial charge in [0.2, 0.25) is 10.0 Å². The topological polar surface area (TPSA) is 87.3 Å². The number of carbonyl (C=O) groups excluding carboxylic acids is 1. The van der Waals surface area contributed by atoms with Gasteiger partial charge in [-0.2, -0.15) is 0 Å². The first-order valence-electron chi connectivity index (χ1n) is 8.24. The fourth-order valence-electron chi connectivity index (χ4n) is 2.68. The Morgan fingerprint density at radius 3 is 2.38 bits per heavy atom. The highest BCUT2D eigenvalue weighted by molar-refractivity contribution is 7.89. The van der Waals surface area contributed by atoms with Crippen molar-refractivity contribution in [1.82, 2.24) is 15.4 Å². The number of hydrogen-bond donors (Lipinski definition) is 3. The molecule has 0 saturated carbocycles. The number of benzene rings is 1. The summed E-state index contributed by atoms with van der Waals surface area (Å²) < 4.78 is 27.1. The molecule has 7 heteroatoms. The summed E-state index contributed by atoms with van der Waals surface area (Å²) in [6, 6.07) is 6.12. The smallest absolute Gasteiger partial charge is 0.251 e. The van der Waals surface area contributed by atoms with Crippen LogP contribution in [0.25, 0.3) is 0 Å². The molecule has 1 aliphatic heterocycles. The Kier molecular flexibility index (Phi) is 5.67. The van der Waals surface area contributed by atoms with Gasteiger partial charge in [0.05, 0.1) is 4.90 Å². The van der Waals surface area contributed by atoms with E-state index in [0.717, 1.165) is 19.5 Å². The lowest BCUT2D eigenvalue weighted by Crippen LogP contribution is -2.50. The summed E-state index contributed by atoms with van der Waals surface area (Å²) in [5, 5.41) is 6.29. The Balaban J connectivity index is 2.07. The van der Waals surface area contributed by atoms with Crippen molar-refractivity contribution in [2.45, 2.75) is 50.6 Å². The van der Waals surface area contributed by atoms with E-state index in [1.807, 2.05) is 0 Å². The number of hydrogen-bond acceptors (Lipinski definition) is 4. The van der Waals surface area contributed by atoms with Gasteiger partial charge in [0.1, 0.15) is 0 Å². The molecule has 1 saturated heterocycles. The highest BCUT2D eigenvalue weighted by atomic mass is 32.2. The molecule has 0 radical (unpaired) electrons. The number of carbonyl (C=O) groups is 1. The molecule has 1 fully saturated rings. The summed E-state index contributed by atoms with van der Waals surface area (Å²) in [4.78, 5) is 12.5. The van der Waals surface area contributed by atoms with Crippen LogP contribution in [0.3, 0.4) is 0 Å². The van der Waals surface area contributed by atoms with E-state index < -0.39 is 15.6 Å². The van der Waals surface area contributed by atoms with Gasteiger partial charge >= 0.3 is 0 Å². The fourth-order valence-corrected chi connectivity index (χ4v) is 4.10. The average molecular weight is 353 g/mol. The lowest BCUT2D eigenvalue weighted by atomic mass is 9.94. The number of amides is 1. The van der Waals surface area contributed by atoms with Crippen LogP contribution in [0.1, 0.15) is 44.5 Å². The van der Waals surface area contributed by atoms with E-state index in [2.05, 4.69) is 22.3 Å². The van der Waals surface area contributed by atoms with Crippen molar-refractivity contribution in [2.24, 2.45) is 5.92 Å². The molecule has 2 rings (SSSR count). The van der Waals surface area contributed by atoms with E-state index in [4.69, 9.17) is 0 Å². The predicted molar refractivity (Wildman–Crippen MR) is 94.4 cm³/mol. The van der Waals surface area contributed by atoms with E-state index >= 15 is 0 Å². The van der Waals surface area contributed by atoms with E-state index in [1.54, 1.807) is 32.9 Å². The van der Waals surface area contributed by atoms with Crippen molar-refractivity contribution in [3.63, 3.8) is 0 Å². The molecule has 1 aromatic rings. The Morgan fingerprint density at radius 1 is 1.21 bits per heavy atom. The normalized spacial score (nSPS) is 22.2. The number of rotatable bonds is 4. The van der Waals surface area contributed by atoms with Gasteiger partial charge in [-0.3, -0.25) is 4.79 Å². The van der Waals surface area contributed by atoms with Gasteiger partial charge in [0, 0.05) is 23.7 Å². The molecule has 6 nitrogen and oxygen atoms in total. The lowest BCUT2D eigenvalue weighted by molar-refractivity contribution is 0.0915. The highest BCUT2D eigenvalue weighted by Gasteiger charge is 2.24. The first kappa shape index (κ1) is 18.9. The molecule has 0 spiro atoms. The minimum atomic E-state index is -3.59. The van der Waals surface area contributed by atoms with E-state index in [0.29, 0.717) is 11.5 Å². The third-order valence-corrected chi connectivity index (χ3v) is 5.79. The summed E-state index contributed by atoms with van der Waals surface area (Å²) in [6.07, 6.45) is 1.03. The van der Waals surface area contributed by atoms with Gasteiger partial charge in [0.15, 0.2) is 0 Å². The standard InChI is InChI=1S/C17H27N3O3S/c1-12-9-10-18-11-15(12)19-16(21)13-5-7-14(8-6-13)24(22,23)20-17(2,3)4/h5-8,12,15,18,20H,9-11H2,1-4H3,(H,19,21). The van der Waals surface area contributed by atoms with Crippen LogP contribution in [-0.4, -0.2) is 39.0 Å². The molecular formula is C17H27N3O3S. The molecule has 1 heterocycles. The maximum Gasteiger partial charge on any atom is 0.251 e. The van der Waals surface area contributed by atoms with Gasteiger partial charge in [-0.15, -0.1) is 0 Å². The molecule has 2 unspecified atom stereocenters. The van der Waals surface area contributed by atoms with Gasteiger partial charge < -0.3 is 10.6 Å². The summed E-state index contributed by atoms with van der Waals surface area (Å²) in [5.41, 5.74) is -0.0959. The largest absolute Gasteiger partial charge is 0.348 e. The first-order chi connectivity index (χ1) is 11.1. The van der Waals surface area contributed by atoms with E-state index in [9.17, 15) is 13.2 Å². The molecule has 0 aromatic heterocycles. The number of nitrogens with one attached hydrogen (secondary N) is 3. The number of sulfonamides is 1. The molecule has 134 valence electrons. The van der Waals surface area contributed by atoms with Crippen LogP contribution < -0.4 is 15.4 Å². The predicted octanol–water partition coefficient (Wildman–Crippen LogP) is 1.49. The Labute approximate surface area is 144 Å². The fraction of sp³-hybridized carbons (Fsp3) is 0.588. The van der Waals surface area contributed by atoms with Crippen LogP contribution >= 0.6 is 0 Å². The Bertz CT molecular complexity index is 678. The Morgan fingerprint density at radius 2 is 1.83 bits per heavy atom. The van der Waals surface area contributed by atoms with Crippen molar-refractivity contribution >= 4 is 15.9 Å². The second-order valence-electron chi connectivity index (χ2n) is 7.43. The minimum absolute atomic E-state index is 0.0946. The summed E-state index contributed by atoms with van der Waals surface area (Å²) in [7, 11) is -3.59. The molecule has 1 amide bonds. The van der Waals surface area contributed by atoms with Crippen LogP contribution in [0.2, 0.25) is 0 Å². The van der Waals surface area contributed by atoms with Gasteiger partial charge in [-0.1, -0.05) is 6.92 Å². The van der Waals surface area contributed by atoms with Crippen molar-refractivity contribution in [3.8, 4) is 0 Å². The van der Waals surface area contributed by atoms with Crippen LogP contribution in [-0.2, 0) is 10.0 Å². The molecule has 0 bridgehead atoms. The van der Waals surface area contributed by atoms with Crippen molar-refractivity contribution in [1.29, 1.82) is 0 Å². The van der Waals surface area contributed by atoms with Crippen LogP contribution in [0.4, 0.5) is 0 Å². The van der Waals surface area contributed by atoms with Crippen LogP contribution in [0.15, 0.2) is 29.2 Å². The zero-order valence-electron chi connectivity index (χ0n) is 14.7. The lowest BCUT2D eigenvalue weighted by Gasteiger charge is -2.30. The maximum absolute atomic E-state index is 12.3. The third-order valence-electron chi connectivity index (χ3n) is 4.01. The molecule has 0 aliphatic carbocycles. The van der Waals surface area contributed by atoms with E-state index in [-0.39, 0.29) is 16.8 Å². The third kappa shape index (κ3) is 5.03. The zero-order chi connectivity index (χ0) is 18.0. The second kappa shape index (κ2) is 7.21. The quantitative estimate of drug-likeness (QED) is 0.765. The minimum Gasteiger partial charge on any atom is -0.348 e. The van der Waals surface area contributed by atoms with Gasteiger partial charge in [-0.05, 0) is 63.9 Å². The molecule has 24 heavy (non-hydrogen) atoms. The molecular weight excluding hydrogens is 326 g/mol. The monoisotopic (exact) mass is 353 g/mol. The van der Waals surface area contributed by atoms with E-state index in [1.165, 1.54) is 12.1 Å².